The van der Waals surface area contributed by atoms with Gasteiger partial charge in [-0.15, -0.1) is 0 Å². The number of anilines is 1. The fourth-order valence-electron chi connectivity index (χ4n) is 4.09. The summed E-state index contributed by atoms with van der Waals surface area (Å²) in [6, 6.07) is 16.4. The van der Waals surface area contributed by atoms with E-state index in [1.165, 1.54) is 4.31 Å². The Labute approximate surface area is 189 Å². The van der Waals surface area contributed by atoms with Gasteiger partial charge in [0.25, 0.3) is 0 Å². The minimum absolute atomic E-state index is 0.0913. The summed E-state index contributed by atoms with van der Waals surface area (Å²) >= 11 is 0. The third-order valence-electron chi connectivity index (χ3n) is 5.88. The van der Waals surface area contributed by atoms with Crippen molar-refractivity contribution in [3.8, 4) is 5.69 Å². The molecule has 1 saturated heterocycles. The van der Waals surface area contributed by atoms with Gasteiger partial charge < -0.3 is 5.32 Å². The van der Waals surface area contributed by atoms with E-state index in [-0.39, 0.29) is 11.8 Å². The Kier molecular flexibility index (Phi) is 6.17. The lowest BCUT2D eigenvalue weighted by molar-refractivity contribution is -0.120. The molecule has 3 aromatic rings. The first-order chi connectivity index (χ1) is 15.3. The number of nitrogens with one attached hydrogen (secondary N) is 1. The molecule has 4 rings (SSSR count). The van der Waals surface area contributed by atoms with Gasteiger partial charge in [0.1, 0.15) is 0 Å². The molecule has 0 bridgehead atoms. The van der Waals surface area contributed by atoms with Crippen LogP contribution in [0.4, 0.5) is 5.69 Å². The highest BCUT2D eigenvalue weighted by atomic mass is 32.2. The molecule has 8 heteroatoms. The maximum absolute atomic E-state index is 13.0. The van der Waals surface area contributed by atoms with Crippen LogP contribution in [0.15, 0.2) is 59.5 Å². The summed E-state index contributed by atoms with van der Waals surface area (Å²) in [5, 5.41) is 7.56. The Hall–Kier alpha value is -2.97. The van der Waals surface area contributed by atoms with Gasteiger partial charge >= 0.3 is 0 Å². The van der Waals surface area contributed by atoms with Crippen molar-refractivity contribution >= 4 is 21.6 Å². The molecule has 32 heavy (non-hydrogen) atoms. The van der Waals surface area contributed by atoms with E-state index in [9.17, 15) is 13.2 Å². The first-order valence-corrected chi connectivity index (χ1v) is 12.2. The number of piperidine rings is 1. The maximum Gasteiger partial charge on any atom is 0.243 e. The lowest BCUT2D eigenvalue weighted by atomic mass is 9.97. The van der Waals surface area contributed by atoms with E-state index in [1.807, 2.05) is 55.8 Å². The van der Waals surface area contributed by atoms with Crippen molar-refractivity contribution in [1.29, 1.82) is 0 Å². The van der Waals surface area contributed by atoms with Gasteiger partial charge in [-0.1, -0.05) is 29.8 Å². The van der Waals surface area contributed by atoms with Crippen molar-refractivity contribution in [2.24, 2.45) is 5.92 Å². The molecule has 0 atom stereocenters. The van der Waals surface area contributed by atoms with E-state index in [2.05, 4.69) is 10.4 Å². The predicted octanol–water partition coefficient (Wildman–Crippen LogP) is 3.84. The smallest absolute Gasteiger partial charge is 0.243 e. The van der Waals surface area contributed by atoms with Crippen LogP contribution in [0, 0.1) is 26.7 Å². The average Bonchev–Trinajstić information content (AvgIpc) is 3.12. The summed E-state index contributed by atoms with van der Waals surface area (Å²) in [6.45, 7) is 6.49. The first kappa shape index (κ1) is 22.2. The zero-order chi connectivity index (χ0) is 22.9. The van der Waals surface area contributed by atoms with Crippen LogP contribution in [0.1, 0.15) is 29.8 Å². The Morgan fingerprint density at radius 3 is 2.28 bits per heavy atom. The number of aryl methyl sites for hydroxylation is 3. The number of benzene rings is 2. The number of carbonyl (C=O) groups excluding carboxylic acids is 1. The van der Waals surface area contributed by atoms with Crippen LogP contribution in [0.25, 0.3) is 5.69 Å². The molecule has 2 heterocycles. The van der Waals surface area contributed by atoms with Gasteiger partial charge in [0.2, 0.25) is 15.9 Å². The zero-order valence-corrected chi connectivity index (χ0v) is 19.4. The van der Waals surface area contributed by atoms with Crippen molar-refractivity contribution in [1.82, 2.24) is 14.1 Å². The number of hydrogen-bond acceptors (Lipinski definition) is 4. The number of amides is 1. The summed E-state index contributed by atoms with van der Waals surface area (Å²) in [5.41, 5.74) is 4.41. The van der Waals surface area contributed by atoms with Gasteiger partial charge in [-0.05, 0) is 63.9 Å². The molecule has 2 aromatic carbocycles. The molecule has 0 saturated carbocycles. The number of sulfonamides is 1. The molecular formula is C24H28N4O3S. The van der Waals surface area contributed by atoms with Crippen LogP contribution >= 0.6 is 0 Å². The molecule has 1 N–H and O–H groups in total. The monoisotopic (exact) mass is 452 g/mol. The maximum atomic E-state index is 13.0. The van der Waals surface area contributed by atoms with Crippen LogP contribution in [-0.2, 0) is 14.8 Å². The molecule has 168 valence electrons. The Bertz CT molecular complexity index is 1220. The third kappa shape index (κ3) is 4.47. The normalized spacial score (nSPS) is 15.6. The Balaban J connectivity index is 1.44. The van der Waals surface area contributed by atoms with Crippen molar-refractivity contribution in [3.63, 3.8) is 0 Å². The fraction of sp³-hybridized carbons (Fsp3) is 0.333. The Morgan fingerprint density at radius 1 is 1.00 bits per heavy atom. The van der Waals surface area contributed by atoms with Crippen LogP contribution < -0.4 is 5.32 Å². The minimum Gasteiger partial charge on any atom is -0.324 e. The number of nitrogens with zero attached hydrogens (tertiary/aromatic N) is 3. The predicted molar refractivity (Wildman–Crippen MR) is 124 cm³/mol. The van der Waals surface area contributed by atoms with Crippen LogP contribution in [0.2, 0.25) is 0 Å². The van der Waals surface area contributed by atoms with Crippen molar-refractivity contribution in [2.45, 2.75) is 38.5 Å². The van der Waals surface area contributed by atoms with Crippen molar-refractivity contribution in [2.75, 3.05) is 18.4 Å². The lowest BCUT2D eigenvalue weighted by Gasteiger charge is -2.30. The molecule has 1 amide bonds. The number of hydrogen-bond donors (Lipinski definition) is 1. The summed E-state index contributed by atoms with van der Waals surface area (Å²) in [6.07, 6.45) is 0.970. The van der Waals surface area contributed by atoms with Crippen molar-refractivity contribution < 1.29 is 13.2 Å². The highest BCUT2D eigenvalue weighted by Crippen LogP contribution is 2.27. The van der Waals surface area contributed by atoms with Gasteiger partial charge in [0.15, 0.2) is 0 Å². The molecule has 1 fully saturated rings. The molecule has 1 aromatic heterocycles. The van der Waals surface area contributed by atoms with Crippen molar-refractivity contribution in [3.05, 3.63) is 71.5 Å². The molecule has 1 aliphatic heterocycles. The minimum atomic E-state index is -3.54. The Morgan fingerprint density at radius 2 is 1.66 bits per heavy atom. The van der Waals surface area contributed by atoms with E-state index >= 15 is 0 Å². The highest BCUT2D eigenvalue weighted by Gasteiger charge is 2.32. The SMILES string of the molecule is Cc1ccc(S(=O)(=O)N2CCC(C(=O)Nc3ccccc3-n3nc(C)cc3C)CC2)cc1. The summed E-state index contributed by atoms with van der Waals surface area (Å²) in [5.74, 6) is -0.334. The number of aromatic nitrogens is 2. The quantitative estimate of drug-likeness (QED) is 0.638. The molecule has 0 spiro atoms. The topological polar surface area (TPSA) is 84.3 Å². The van der Waals surface area contributed by atoms with Crippen LogP contribution in [0.5, 0.6) is 0 Å². The van der Waals surface area contributed by atoms with Gasteiger partial charge in [0, 0.05) is 24.7 Å². The molecule has 0 unspecified atom stereocenters. The van der Waals surface area contributed by atoms with Gasteiger partial charge in [0.05, 0.1) is 22.0 Å². The molecule has 0 aliphatic carbocycles. The standard InChI is InChI=1S/C24H28N4O3S/c1-17-8-10-21(11-9-17)32(30,31)27-14-12-20(13-15-27)24(29)25-22-6-4-5-7-23(22)28-19(3)16-18(2)26-28/h4-11,16,20H,12-15H2,1-3H3,(H,25,29). The second-order valence-corrected chi connectivity index (χ2v) is 10.3. The second-order valence-electron chi connectivity index (χ2n) is 8.34. The average molecular weight is 453 g/mol. The largest absolute Gasteiger partial charge is 0.324 e. The number of para-hydroxylation sites is 2. The first-order valence-electron chi connectivity index (χ1n) is 10.8. The molecule has 1 aliphatic rings. The van der Waals surface area contributed by atoms with Crippen LogP contribution in [-0.4, -0.2) is 41.5 Å². The zero-order valence-electron chi connectivity index (χ0n) is 18.6. The third-order valence-corrected chi connectivity index (χ3v) is 7.80. The van der Waals surface area contributed by atoms with Crippen LogP contribution in [0.3, 0.4) is 0 Å². The van der Waals surface area contributed by atoms with Gasteiger partial charge in [-0.2, -0.15) is 9.40 Å². The summed E-state index contributed by atoms with van der Waals surface area (Å²) in [7, 11) is -3.54. The van der Waals surface area contributed by atoms with Gasteiger partial charge in [-0.3, -0.25) is 4.79 Å². The molecule has 7 nitrogen and oxygen atoms in total. The van der Waals surface area contributed by atoms with E-state index < -0.39 is 10.0 Å². The summed E-state index contributed by atoms with van der Waals surface area (Å²) < 4.78 is 29.1. The number of rotatable bonds is 5. The van der Waals surface area contributed by atoms with Gasteiger partial charge in [-0.25, -0.2) is 13.1 Å². The molecular weight excluding hydrogens is 424 g/mol. The van der Waals surface area contributed by atoms with E-state index in [1.54, 1.807) is 24.3 Å². The lowest BCUT2D eigenvalue weighted by Crippen LogP contribution is -2.41. The fourth-order valence-corrected chi connectivity index (χ4v) is 5.56. The van der Waals surface area contributed by atoms with E-state index in [0.29, 0.717) is 36.5 Å². The number of carbonyl (C=O) groups is 1. The summed E-state index contributed by atoms with van der Waals surface area (Å²) in [4.78, 5) is 13.3. The van der Waals surface area contributed by atoms with E-state index in [0.717, 1.165) is 22.6 Å². The second kappa shape index (κ2) is 8.88. The highest BCUT2D eigenvalue weighted by molar-refractivity contribution is 7.89. The van der Waals surface area contributed by atoms with E-state index in [4.69, 9.17) is 0 Å². The molecule has 0 radical (unpaired) electrons.